The van der Waals surface area contributed by atoms with Crippen LogP contribution < -0.4 is 15.4 Å². The van der Waals surface area contributed by atoms with Crippen molar-refractivity contribution in [2.24, 2.45) is 0 Å². The number of pyridine rings is 1. The molecule has 0 saturated carbocycles. The molecule has 8 nitrogen and oxygen atoms in total. The van der Waals surface area contributed by atoms with Crippen molar-refractivity contribution >= 4 is 34.8 Å². The maximum absolute atomic E-state index is 6.40. The number of ether oxygens (including phenoxy) is 1. The van der Waals surface area contributed by atoms with Gasteiger partial charge in [-0.3, -0.25) is 4.98 Å². The Morgan fingerprint density at radius 2 is 1.67 bits per heavy atom. The second kappa shape index (κ2) is 12.3. The quantitative estimate of drug-likeness (QED) is 0.181. The highest BCUT2D eigenvalue weighted by molar-refractivity contribution is 6.30. The summed E-state index contributed by atoms with van der Waals surface area (Å²) in [7, 11) is 1.67. The Morgan fingerprint density at radius 3 is 2.43 bits per heavy atom. The Morgan fingerprint density at radius 1 is 0.857 bits per heavy atom. The van der Waals surface area contributed by atoms with Gasteiger partial charge in [0.25, 0.3) is 5.78 Å². The van der Waals surface area contributed by atoms with Crippen molar-refractivity contribution < 1.29 is 4.74 Å². The van der Waals surface area contributed by atoms with E-state index in [1.807, 2.05) is 79.9 Å². The van der Waals surface area contributed by atoms with E-state index in [1.54, 1.807) is 17.8 Å². The van der Waals surface area contributed by atoms with Gasteiger partial charge >= 0.3 is 0 Å². The maximum Gasteiger partial charge on any atom is 0.256 e. The van der Waals surface area contributed by atoms with Crippen molar-refractivity contribution in [3.05, 3.63) is 136 Å². The van der Waals surface area contributed by atoms with Crippen LogP contribution >= 0.6 is 11.6 Å². The predicted octanol–water partition coefficient (Wildman–Crippen LogP) is 7.03. The summed E-state index contributed by atoms with van der Waals surface area (Å²) >= 11 is 6.40. The summed E-state index contributed by atoms with van der Waals surface area (Å²) in [6.07, 6.45) is 5.02. The lowest BCUT2D eigenvalue weighted by atomic mass is 10.0. The molecule has 0 spiro atoms. The zero-order valence-corrected chi connectivity index (χ0v) is 24.1. The van der Waals surface area contributed by atoms with Gasteiger partial charge in [-0.1, -0.05) is 66.2 Å². The van der Waals surface area contributed by atoms with E-state index in [-0.39, 0.29) is 0 Å². The third kappa shape index (κ3) is 6.19. The molecule has 0 amide bonds. The Labute approximate surface area is 249 Å². The van der Waals surface area contributed by atoms with Gasteiger partial charge < -0.3 is 15.4 Å². The van der Waals surface area contributed by atoms with Crippen LogP contribution in [0.2, 0.25) is 5.02 Å². The van der Waals surface area contributed by atoms with Gasteiger partial charge in [0, 0.05) is 53.7 Å². The van der Waals surface area contributed by atoms with Crippen molar-refractivity contribution in [3.63, 3.8) is 0 Å². The number of aryl methyl sites for hydroxylation is 1. The van der Waals surface area contributed by atoms with E-state index in [0.717, 1.165) is 45.2 Å². The highest BCUT2D eigenvalue weighted by Gasteiger charge is 2.18. The van der Waals surface area contributed by atoms with E-state index in [9.17, 15) is 0 Å². The summed E-state index contributed by atoms with van der Waals surface area (Å²) in [5.74, 6) is 2.60. The Bertz CT molecular complexity index is 1810. The van der Waals surface area contributed by atoms with Crippen LogP contribution in [-0.2, 0) is 19.4 Å². The summed E-state index contributed by atoms with van der Waals surface area (Å²) in [5.41, 5.74) is 7.22. The Balaban J connectivity index is 1.37. The monoisotopic (exact) mass is 575 g/mol. The molecule has 0 aliphatic heterocycles. The number of benzene rings is 3. The fraction of sp³-hybridized carbons (Fsp3) is 0.152. The maximum atomic E-state index is 6.40. The molecule has 210 valence electrons. The van der Waals surface area contributed by atoms with Crippen molar-refractivity contribution in [2.75, 3.05) is 17.7 Å². The smallest absolute Gasteiger partial charge is 0.256 e. The third-order valence-electron chi connectivity index (χ3n) is 7.07. The van der Waals surface area contributed by atoms with E-state index in [2.05, 4.69) is 33.8 Å². The second-order valence-electron chi connectivity index (χ2n) is 10.0. The second-order valence-corrected chi connectivity index (χ2v) is 10.4. The summed E-state index contributed by atoms with van der Waals surface area (Å²) in [4.78, 5) is 13.8. The van der Waals surface area contributed by atoms with Crippen molar-refractivity contribution in [1.82, 2.24) is 24.6 Å². The Hall–Kier alpha value is -4.95. The van der Waals surface area contributed by atoms with Crippen molar-refractivity contribution in [1.29, 1.82) is 0 Å². The molecule has 0 unspecified atom stereocenters. The van der Waals surface area contributed by atoms with Crippen molar-refractivity contribution in [3.8, 4) is 5.75 Å². The molecule has 0 bridgehead atoms. The number of nitrogens with one attached hydrogen (secondary N) is 2. The summed E-state index contributed by atoms with van der Waals surface area (Å²) in [6, 6.07) is 28.1. The molecule has 0 saturated heterocycles. The van der Waals surface area contributed by atoms with E-state index in [4.69, 9.17) is 31.4 Å². The number of methoxy groups -OCH3 is 1. The lowest BCUT2D eigenvalue weighted by Gasteiger charge is -2.16. The number of hydrogen-bond acceptors (Lipinski definition) is 7. The number of nitrogens with zero attached hydrogens (tertiary/aromatic N) is 5. The fourth-order valence-electron chi connectivity index (χ4n) is 4.88. The predicted molar refractivity (Wildman–Crippen MR) is 167 cm³/mol. The SMILES string of the molecule is COc1ccc(CNc2c(Cc3ccccc3)c(C)nc3nc(Nc4cc(Cl)ccc4Cc4cccnc4)nn23)cc1. The van der Waals surface area contributed by atoms with Crippen LogP contribution in [0.25, 0.3) is 5.78 Å². The summed E-state index contributed by atoms with van der Waals surface area (Å²) < 4.78 is 7.10. The van der Waals surface area contributed by atoms with Crippen LogP contribution in [0.1, 0.15) is 33.5 Å². The molecule has 2 N–H and O–H groups in total. The van der Waals surface area contributed by atoms with Gasteiger partial charge in [-0.05, 0) is 59.5 Å². The van der Waals surface area contributed by atoms with Gasteiger partial charge in [0.05, 0.1) is 7.11 Å². The molecule has 0 fully saturated rings. The number of halogens is 1. The number of rotatable bonds is 10. The minimum atomic E-state index is 0.431. The fourth-order valence-corrected chi connectivity index (χ4v) is 5.05. The first-order valence-corrected chi connectivity index (χ1v) is 14.0. The molecule has 3 aromatic carbocycles. The minimum absolute atomic E-state index is 0.431. The number of aromatic nitrogens is 5. The summed E-state index contributed by atoms with van der Waals surface area (Å²) in [6.45, 7) is 2.61. The third-order valence-corrected chi connectivity index (χ3v) is 7.31. The topological polar surface area (TPSA) is 89.3 Å². The number of hydrogen-bond donors (Lipinski definition) is 2. The van der Waals surface area contributed by atoms with E-state index < -0.39 is 0 Å². The van der Waals surface area contributed by atoms with Crippen LogP contribution in [0.4, 0.5) is 17.5 Å². The van der Waals surface area contributed by atoms with Gasteiger partial charge in [0.2, 0.25) is 5.95 Å². The molecule has 3 heterocycles. The lowest BCUT2D eigenvalue weighted by Crippen LogP contribution is -2.12. The van der Waals surface area contributed by atoms with Crippen LogP contribution in [0, 0.1) is 6.92 Å². The Kier molecular flexibility index (Phi) is 7.96. The molecular weight excluding hydrogens is 546 g/mol. The van der Waals surface area contributed by atoms with Crippen LogP contribution in [0.3, 0.4) is 0 Å². The molecule has 6 aromatic rings. The summed E-state index contributed by atoms with van der Waals surface area (Å²) in [5, 5.41) is 12.5. The van der Waals surface area contributed by atoms with Gasteiger partial charge in [0.1, 0.15) is 11.6 Å². The van der Waals surface area contributed by atoms with Crippen molar-refractivity contribution in [2.45, 2.75) is 26.3 Å². The highest BCUT2D eigenvalue weighted by Crippen LogP contribution is 2.28. The van der Waals surface area contributed by atoms with E-state index in [0.29, 0.717) is 36.1 Å². The van der Waals surface area contributed by atoms with Crippen LogP contribution in [0.5, 0.6) is 5.75 Å². The van der Waals surface area contributed by atoms with E-state index in [1.165, 1.54) is 5.56 Å². The van der Waals surface area contributed by atoms with Crippen LogP contribution in [0.15, 0.2) is 97.3 Å². The highest BCUT2D eigenvalue weighted by atomic mass is 35.5. The lowest BCUT2D eigenvalue weighted by molar-refractivity contribution is 0.414. The molecular formula is C33H30ClN7O. The molecule has 0 aliphatic carbocycles. The molecule has 0 aliphatic rings. The molecule has 0 atom stereocenters. The minimum Gasteiger partial charge on any atom is -0.497 e. The molecule has 3 aromatic heterocycles. The largest absolute Gasteiger partial charge is 0.497 e. The normalized spacial score (nSPS) is 11.0. The average Bonchev–Trinajstić information content (AvgIpc) is 3.41. The standard InChI is InChI=1S/C33H30ClN7O/c1-22-29(18-23-7-4-3-5-8-23)31(36-21-24-10-14-28(42-2)15-11-24)41-33(37-22)39-32(40-41)38-30-19-27(34)13-12-26(30)17-25-9-6-16-35-20-25/h3-16,19-20,36H,17-18,21H2,1-2H3,(H,38,40). The zero-order chi connectivity index (χ0) is 28.9. The van der Waals surface area contributed by atoms with Crippen LogP contribution in [-0.4, -0.2) is 31.7 Å². The first kappa shape index (κ1) is 27.2. The molecule has 42 heavy (non-hydrogen) atoms. The van der Waals surface area contributed by atoms with E-state index >= 15 is 0 Å². The first-order valence-electron chi connectivity index (χ1n) is 13.7. The molecule has 6 rings (SSSR count). The first-order chi connectivity index (χ1) is 20.6. The number of anilines is 3. The van der Waals surface area contributed by atoms with Gasteiger partial charge in [0.15, 0.2) is 0 Å². The van der Waals surface area contributed by atoms with Gasteiger partial charge in [-0.25, -0.2) is 4.98 Å². The van der Waals surface area contributed by atoms with Gasteiger partial charge in [-0.15, -0.1) is 5.10 Å². The molecule has 9 heteroatoms. The van der Waals surface area contributed by atoms with Gasteiger partial charge in [-0.2, -0.15) is 9.50 Å². The zero-order valence-electron chi connectivity index (χ0n) is 23.4. The molecule has 0 radical (unpaired) electrons. The number of fused-ring (bicyclic) bond motifs is 1. The average molecular weight is 576 g/mol.